The Morgan fingerprint density at radius 3 is 2.81 bits per heavy atom. The second-order valence-electron chi connectivity index (χ2n) is 4.29. The highest BCUT2D eigenvalue weighted by Crippen LogP contribution is 2.33. The van der Waals surface area contributed by atoms with Crippen LogP contribution >= 0.6 is 0 Å². The molecule has 1 heterocycles. The molecule has 16 heavy (non-hydrogen) atoms. The monoisotopic (exact) mass is 216 g/mol. The van der Waals surface area contributed by atoms with Gasteiger partial charge in [0.05, 0.1) is 0 Å². The van der Waals surface area contributed by atoms with Gasteiger partial charge in [-0.3, -0.25) is 9.59 Å². The molecule has 2 amide bonds. The first kappa shape index (κ1) is 9.39. The van der Waals surface area contributed by atoms with Gasteiger partial charge in [0.15, 0.2) is 0 Å². The maximum absolute atomic E-state index is 11.7. The van der Waals surface area contributed by atoms with E-state index in [1.165, 1.54) is 0 Å². The van der Waals surface area contributed by atoms with E-state index in [0.29, 0.717) is 0 Å². The molecule has 1 atom stereocenters. The van der Waals surface area contributed by atoms with Crippen LogP contribution in [0.15, 0.2) is 24.3 Å². The highest BCUT2D eigenvalue weighted by atomic mass is 16.2. The summed E-state index contributed by atoms with van der Waals surface area (Å²) >= 11 is 0. The van der Waals surface area contributed by atoms with Crippen LogP contribution in [-0.2, 0) is 9.59 Å². The van der Waals surface area contributed by atoms with Gasteiger partial charge in [-0.25, -0.2) is 0 Å². The van der Waals surface area contributed by atoms with Crippen LogP contribution in [0.5, 0.6) is 0 Å². The second-order valence-corrected chi connectivity index (χ2v) is 4.29. The molecule has 1 aliphatic carbocycles. The minimum atomic E-state index is -0.510. The van der Waals surface area contributed by atoms with E-state index in [1.54, 1.807) is 0 Å². The van der Waals surface area contributed by atoms with Gasteiger partial charge >= 0.3 is 0 Å². The van der Waals surface area contributed by atoms with Gasteiger partial charge in [-0.05, 0) is 18.9 Å². The Kier molecular flexibility index (Phi) is 1.96. The molecule has 2 N–H and O–H groups in total. The number of benzene rings is 1. The van der Waals surface area contributed by atoms with E-state index in [2.05, 4.69) is 10.6 Å². The van der Waals surface area contributed by atoms with Crippen molar-refractivity contribution in [2.24, 2.45) is 5.92 Å². The maximum atomic E-state index is 11.7. The number of nitrogens with one attached hydrogen (secondary N) is 2. The van der Waals surface area contributed by atoms with Crippen LogP contribution in [-0.4, -0.2) is 11.8 Å². The zero-order chi connectivity index (χ0) is 11.1. The van der Waals surface area contributed by atoms with Crippen molar-refractivity contribution in [1.82, 2.24) is 5.32 Å². The molecule has 4 heteroatoms. The molecule has 1 aromatic carbocycles. The fraction of sp³-hybridized carbons (Fsp3) is 0.333. The standard InChI is InChI=1S/C12H12N2O2/c15-11(7-5-6-7)14-10-8-3-1-2-4-9(8)13-12(10)16/h1-4,7,10H,5-6H2,(H,13,16)(H,14,15). The maximum Gasteiger partial charge on any atom is 0.251 e. The fourth-order valence-corrected chi connectivity index (χ4v) is 1.96. The summed E-state index contributed by atoms with van der Waals surface area (Å²) in [5.41, 5.74) is 1.66. The van der Waals surface area contributed by atoms with Gasteiger partial charge in [-0.2, -0.15) is 0 Å². The molecule has 82 valence electrons. The second kappa shape index (κ2) is 3.33. The van der Waals surface area contributed by atoms with Crippen LogP contribution in [0.25, 0.3) is 0 Å². The van der Waals surface area contributed by atoms with Crippen molar-refractivity contribution in [3.63, 3.8) is 0 Å². The molecule has 3 rings (SSSR count). The van der Waals surface area contributed by atoms with Crippen LogP contribution in [0.1, 0.15) is 24.4 Å². The van der Waals surface area contributed by atoms with Crippen LogP contribution in [0.4, 0.5) is 5.69 Å². The zero-order valence-corrected chi connectivity index (χ0v) is 8.69. The lowest BCUT2D eigenvalue weighted by atomic mass is 10.1. The summed E-state index contributed by atoms with van der Waals surface area (Å²) < 4.78 is 0. The molecule has 1 saturated carbocycles. The van der Waals surface area contributed by atoms with Crippen molar-refractivity contribution in [3.8, 4) is 0 Å². The summed E-state index contributed by atoms with van der Waals surface area (Å²) in [6.07, 6.45) is 1.89. The number of carbonyl (C=O) groups excluding carboxylic acids is 2. The van der Waals surface area contributed by atoms with E-state index >= 15 is 0 Å². The summed E-state index contributed by atoms with van der Waals surface area (Å²) in [4.78, 5) is 23.3. The van der Waals surface area contributed by atoms with E-state index < -0.39 is 6.04 Å². The fourth-order valence-electron chi connectivity index (χ4n) is 1.96. The molecule has 1 fully saturated rings. The molecule has 1 unspecified atom stereocenters. The minimum Gasteiger partial charge on any atom is -0.340 e. The van der Waals surface area contributed by atoms with Gasteiger partial charge in [0.25, 0.3) is 5.91 Å². The van der Waals surface area contributed by atoms with Crippen molar-refractivity contribution in [1.29, 1.82) is 0 Å². The lowest BCUT2D eigenvalue weighted by Gasteiger charge is -2.10. The number of hydrogen-bond donors (Lipinski definition) is 2. The number of fused-ring (bicyclic) bond motifs is 1. The SMILES string of the molecule is O=C(NC1C(=O)Nc2ccccc21)C1CC1. The smallest absolute Gasteiger partial charge is 0.251 e. The van der Waals surface area contributed by atoms with Gasteiger partial charge in [0, 0.05) is 17.2 Å². The van der Waals surface area contributed by atoms with Gasteiger partial charge < -0.3 is 10.6 Å². The molecular weight excluding hydrogens is 204 g/mol. The molecule has 1 aromatic rings. The number of para-hydroxylation sites is 1. The molecule has 1 aliphatic heterocycles. The van der Waals surface area contributed by atoms with E-state index in [-0.39, 0.29) is 17.7 Å². The van der Waals surface area contributed by atoms with Crippen molar-refractivity contribution < 1.29 is 9.59 Å². The molecule has 0 radical (unpaired) electrons. The normalized spacial score (nSPS) is 22.5. The average Bonchev–Trinajstić information content (AvgIpc) is 3.06. The molecular formula is C12H12N2O2. The van der Waals surface area contributed by atoms with Crippen molar-refractivity contribution >= 4 is 17.5 Å². The highest BCUT2D eigenvalue weighted by molar-refractivity contribution is 6.04. The van der Waals surface area contributed by atoms with Crippen LogP contribution in [0.2, 0.25) is 0 Å². The number of hydrogen-bond acceptors (Lipinski definition) is 2. The van der Waals surface area contributed by atoms with Crippen LogP contribution < -0.4 is 10.6 Å². The van der Waals surface area contributed by atoms with Crippen molar-refractivity contribution in [2.75, 3.05) is 5.32 Å². The Morgan fingerprint density at radius 2 is 2.06 bits per heavy atom. The first-order valence-electron chi connectivity index (χ1n) is 5.46. The third kappa shape index (κ3) is 1.46. The first-order chi connectivity index (χ1) is 7.75. The molecule has 4 nitrogen and oxygen atoms in total. The van der Waals surface area contributed by atoms with Gasteiger partial charge in [0.2, 0.25) is 5.91 Å². The van der Waals surface area contributed by atoms with E-state index in [9.17, 15) is 9.59 Å². The Labute approximate surface area is 93.0 Å². The summed E-state index contributed by atoms with van der Waals surface area (Å²) in [6.45, 7) is 0. The van der Waals surface area contributed by atoms with Gasteiger partial charge in [0.1, 0.15) is 6.04 Å². The van der Waals surface area contributed by atoms with Gasteiger partial charge in [-0.15, -0.1) is 0 Å². The molecule has 2 aliphatic rings. The van der Waals surface area contributed by atoms with Crippen LogP contribution in [0, 0.1) is 5.92 Å². The number of anilines is 1. The molecule has 0 saturated heterocycles. The average molecular weight is 216 g/mol. The third-order valence-corrected chi connectivity index (χ3v) is 3.03. The Balaban J connectivity index is 1.84. The van der Waals surface area contributed by atoms with Crippen LogP contribution in [0.3, 0.4) is 0 Å². The number of carbonyl (C=O) groups is 2. The predicted molar refractivity (Wildman–Crippen MR) is 58.7 cm³/mol. The quantitative estimate of drug-likeness (QED) is 0.780. The highest BCUT2D eigenvalue weighted by Gasteiger charge is 2.36. The summed E-state index contributed by atoms with van der Waals surface area (Å²) in [5, 5.41) is 5.55. The topological polar surface area (TPSA) is 58.2 Å². The number of rotatable bonds is 2. The Morgan fingerprint density at radius 1 is 1.31 bits per heavy atom. The molecule has 0 bridgehead atoms. The lowest BCUT2D eigenvalue weighted by Crippen LogP contribution is -2.33. The van der Waals surface area contributed by atoms with E-state index in [0.717, 1.165) is 24.1 Å². The van der Waals surface area contributed by atoms with Crippen molar-refractivity contribution in [3.05, 3.63) is 29.8 Å². The summed E-state index contributed by atoms with van der Waals surface area (Å²) in [6, 6.07) is 6.94. The Bertz CT molecular complexity index is 466. The Hall–Kier alpha value is -1.84. The van der Waals surface area contributed by atoms with Gasteiger partial charge in [-0.1, -0.05) is 18.2 Å². The summed E-state index contributed by atoms with van der Waals surface area (Å²) in [5.74, 6) is -0.0207. The lowest BCUT2D eigenvalue weighted by molar-refractivity contribution is -0.127. The summed E-state index contributed by atoms with van der Waals surface area (Å²) in [7, 11) is 0. The first-order valence-corrected chi connectivity index (χ1v) is 5.46. The molecule has 0 spiro atoms. The largest absolute Gasteiger partial charge is 0.340 e. The zero-order valence-electron chi connectivity index (χ0n) is 8.69. The third-order valence-electron chi connectivity index (χ3n) is 3.03. The van der Waals surface area contributed by atoms with Crippen molar-refractivity contribution in [2.45, 2.75) is 18.9 Å². The number of amides is 2. The predicted octanol–water partition coefficient (Wildman–Crippen LogP) is 1.21. The van der Waals surface area contributed by atoms with E-state index in [1.807, 2.05) is 24.3 Å². The minimum absolute atomic E-state index is 0.00291. The molecule has 0 aromatic heterocycles. The van der Waals surface area contributed by atoms with E-state index in [4.69, 9.17) is 0 Å².